The predicted octanol–water partition coefficient (Wildman–Crippen LogP) is 18.4. The molecule has 3 heteroatoms. The van der Waals surface area contributed by atoms with Gasteiger partial charge in [0.25, 0.3) is 0 Å². The summed E-state index contributed by atoms with van der Waals surface area (Å²) in [6.45, 7) is 0. The van der Waals surface area contributed by atoms with Crippen molar-refractivity contribution in [3.05, 3.63) is 255 Å². The van der Waals surface area contributed by atoms with Crippen LogP contribution in [0.1, 0.15) is 0 Å². The molecule has 0 amide bonds. The van der Waals surface area contributed by atoms with Gasteiger partial charge < -0.3 is 9.47 Å². The number of benzene rings is 11. The zero-order valence-corrected chi connectivity index (χ0v) is 37.4. The summed E-state index contributed by atoms with van der Waals surface area (Å²) in [6, 6.07) is 93.3. The normalized spacial score (nSPS) is 11.6. The van der Waals surface area contributed by atoms with Crippen LogP contribution in [0.25, 0.3) is 103 Å². The zero-order chi connectivity index (χ0) is 44.3. The van der Waals surface area contributed by atoms with Crippen LogP contribution in [0.15, 0.2) is 255 Å². The second-order valence-corrected chi connectivity index (χ2v) is 18.2. The molecule has 11 aromatic carbocycles. The fraction of sp³-hybridized carbons (Fsp3) is 0. The molecule has 13 rings (SSSR count). The third-order valence-electron chi connectivity index (χ3n) is 13.4. The van der Waals surface area contributed by atoms with Crippen LogP contribution < -0.4 is 4.90 Å². The van der Waals surface area contributed by atoms with Crippen LogP contribution in [-0.2, 0) is 0 Å². The maximum atomic E-state index is 2.51. The molecule has 0 bridgehead atoms. The van der Waals surface area contributed by atoms with Crippen molar-refractivity contribution in [2.75, 3.05) is 4.90 Å². The highest BCUT2D eigenvalue weighted by Gasteiger charge is 2.24. The first-order valence-electron chi connectivity index (χ1n) is 22.9. The second kappa shape index (κ2) is 16.2. The van der Waals surface area contributed by atoms with Crippen LogP contribution in [0.5, 0.6) is 0 Å². The Morgan fingerprint density at radius 1 is 0.328 bits per heavy atom. The molecule has 0 unspecified atom stereocenters. The molecule has 0 fully saturated rings. The lowest BCUT2D eigenvalue weighted by Gasteiger charge is -2.30. The van der Waals surface area contributed by atoms with Crippen molar-refractivity contribution in [1.29, 1.82) is 0 Å². The lowest BCUT2D eigenvalue weighted by atomic mass is 9.90. The Hall–Kier alpha value is -8.50. The highest BCUT2D eigenvalue weighted by molar-refractivity contribution is 7.26. The Labute approximate surface area is 393 Å². The Kier molecular flexibility index (Phi) is 9.40. The average Bonchev–Trinajstić information content (AvgIpc) is 3.96. The topological polar surface area (TPSA) is 8.17 Å². The van der Waals surface area contributed by atoms with E-state index in [4.69, 9.17) is 0 Å². The third-order valence-corrected chi connectivity index (χ3v) is 14.6. The maximum absolute atomic E-state index is 2.51. The minimum absolute atomic E-state index is 1.08. The highest BCUT2D eigenvalue weighted by atomic mass is 32.1. The van der Waals surface area contributed by atoms with Crippen molar-refractivity contribution < 1.29 is 0 Å². The molecule has 314 valence electrons. The van der Waals surface area contributed by atoms with Crippen LogP contribution in [0, 0.1) is 0 Å². The molecule has 0 saturated heterocycles. The summed E-state index contributed by atoms with van der Waals surface area (Å²) in [4.78, 5) is 2.51. The lowest BCUT2D eigenvalue weighted by Crippen LogP contribution is -2.12. The van der Waals surface area contributed by atoms with Gasteiger partial charge in [-0.1, -0.05) is 200 Å². The molecule has 2 nitrogen and oxygen atoms in total. The minimum Gasteiger partial charge on any atom is -0.309 e. The Morgan fingerprint density at radius 3 is 1.64 bits per heavy atom. The largest absolute Gasteiger partial charge is 0.309 e. The highest BCUT2D eigenvalue weighted by Crippen LogP contribution is 2.50. The number of thiophene rings is 1. The maximum Gasteiger partial charge on any atom is 0.0547 e. The molecule has 0 spiro atoms. The molecule has 0 radical (unpaired) electrons. The van der Waals surface area contributed by atoms with Gasteiger partial charge in [0.2, 0.25) is 0 Å². The van der Waals surface area contributed by atoms with Crippen molar-refractivity contribution >= 4 is 81.1 Å². The zero-order valence-electron chi connectivity index (χ0n) is 36.6. The molecule has 13 aromatic rings. The van der Waals surface area contributed by atoms with Crippen LogP contribution in [0.3, 0.4) is 0 Å². The number of aromatic nitrogens is 1. The van der Waals surface area contributed by atoms with E-state index in [1.54, 1.807) is 0 Å². The summed E-state index contributed by atoms with van der Waals surface area (Å²) < 4.78 is 4.99. The monoisotopic (exact) mass is 870 g/mol. The standard InChI is InChI=1S/C64H42N2S/c1-3-20-43(21-4-1)48-32-16-22-44-23-17-34-53(62(44)48)50-28-7-11-37-57(50)66(58-38-12-8-29-51(58)54-35-18-36-55-52-30-10-14-41-61(52)67-64(54)55)47-27-15-24-45(42-47)49-33-19-40-60-63(49)56-31-9-13-39-59(56)65(60)46-25-5-2-6-26-46/h1-42H. The number of rotatable bonds is 8. The molecule has 2 heterocycles. The summed E-state index contributed by atoms with van der Waals surface area (Å²) in [7, 11) is 0. The average molecular weight is 871 g/mol. The molecule has 0 saturated carbocycles. The SMILES string of the molecule is c1ccc(-c2cccc3cccc(-c4ccccc4N(c4cccc(-c5cccc6c5c5ccccc5n6-c5ccccc5)c4)c4ccccc4-c4cccc5c4sc4ccccc45)c23)cc1. The van der Waals surface area contributed by atoms with Crippen molar-refractivity contribution in [2.24, 2.45) is 0 Å². The fourth-order valence-corrected chi connectivity index (χ4v) is 11.7. The molecular formula is C64H42N2S. The van der Waals surface area contributed by atoms with Gasteiger partial charge in [-0.15, -0.1) is 11.3 Å². The minimum atomic E-state index is 1.08. The Bertz CT molecular complexity index is 3990. The number of para-hydroxylation sites is 4. The Morgan fingerprint density at radius 2 is 0.851 bits per heavy atom. The van der Waals surface area contributed by atoms with Crippen LogP contribution in [0.2, 0.25) is 0 Å². The molecule has 2 aromatic heterocycles. The summed E-state index contributed by atoms with van der Waals surface area (Å²) >= 11 is 1.88. The van der Waals surface area contributed by atoms with E-state index in [-0.39, 0.29) is 0 Å². The fourth-order valence-electron chi connectivity index (χ4n) is 10.5. The quantitative estimate of drug-likeness (QED) is 0.148. The van der Waals surface area contributed by atoms with Crippen LogP contribution in [0.4, 0.5) is 17.1 Å². The number of anilines is 3. The molecular weight excluding hydrogens is 829 g/mol. The predicted molar refractivity (Wildman–Crippen MR) is 288 cm³/mol. The lowest BCUT2D eigenvalue weighted by molar-refractivity contribution is 1.18. The van der Waals surface area contributed by atoms with Gasteiger partial charge in [0.15, 0.2) is 0 Å². The van der Waals surface area contributed by atoms with E-state index in [0.29, 0.717) is 0 Å². The summed E-state index contributed by atoms with van der Waals surface area (Å²) in [5.41, 5.74) is 16.3. The number of nitrogens with zero attached hydrogens (tertiary/aromatic N) is 2. The van der Waals surface area contributed by atoms with Gasteiger partial charge in [-0.05, 0) is 93.2 Å². The van der Waals surface area contributed by atoms with Gasteiger partial charge in [-0.3, -0.25) is 0 Å². The van der Waals surface area contributed by atoms with Gasteiger partial charge in [-0.2, -0.15) is 0 Å². The van der Waals surface area contributed by atoms with Crippen LogP contribution >= 0.6 is 11.3 Å². The van der Waals surface area contributed by atoms with Crippen molar-refractivity contribution in [2.45, 2.75) is 0 Å². The summed E-state index contributed by atoms with van der Waals surface area (Å²) in [6.07, 6.45) is 0. The molecule has 0 aliphatic rings. The van der Waals surface area contributed by atoms with E-state index >= 15 is 0 Å². The number of hydrogen-bond donors (Lipinski definition) is 0. The number of fused-ring (bicyclic) bond motifs is 7. The van der Waals surface area contributed by atoms with E-state index in [2.05, 4.69) is 264 Å². The van der Waals surface area contributed by atoms with Gasteiger partial charge >= 0.3 is 0 Å². The first-order valence-corrected chi connectivity index (χ1v) is 23.7. The molecule has 0 atom stereocenters. The third kappa shape index (κ3) is 6.47. The molecule has 67 heavy (non-hydrogen) atoms. The van der Waals surface area contributed by atoms with Crippen LogP contribution in [-0.4, -0.2) is 4.57 Å². The van der Waals surface area contributed by atoms with Crippen molar-refractivity contribution in [3.63, 3.8) is 0 Å². The van der Waals surface area contributed by atoms with E-state index in [0.717, 1.165) is 33.9 Å². The molecule has 0 N–H and O–H groups in total. The summed E-state index contributed by atoms with van der Waals surface area (Å²) in [5, 5.41) is 7.51. The molecule has 0 aliphatic carbocycles. The molecule has 0 aliphatic heterocycles. The van der Waals surface area contributed by atoms with E-state index in [1.807, 2.05) is 11.3 Å². The number of hydrogen-bond acceptors (Lipinski definition) is 2. The summed E-state index contributed by atoms with van der Waals surface area (Å²) in [5.74, 6) is 0. The van der Waals surface area contributed by atoms with Gasteiger partial charge in [-0.25, -0.2) is 0 Å². The second-order valence-electron chi connectivity index (χ2n) is 17.2. The van der Waals surface area contributed by atoms with Crippen molar-refractivity contribution in [3.8, 4) is 50.2 Å². The Balaban J connectivity index is 1.08. The van der Waals surface area contributed by atoms with E-state index in [9.17, 15) is 0 Å². The van der Waals surface area contributed by atoms with Gasteiger partial charge in [0, 0.05) is 59.0 Å². The van der Waals surface area contributed by atoms with Gasteiger partial charge in [0.1, 0.15) is 0 Å². The van der Waals surface area contributed by atoms with E-state index in [1.165, 1.54) is 86.1 Å². The first kappa shape index (κ1) is 38.9. The van der Waals surface area contributed by atoms with Crippen molar-refractivity contribution in [1.82, 2.24) is 4.57 Å². The van der Waals surface area contributed by atoms with E-state index < -0.39 is 0 Å². The van der Waals surface area contributed by atoms with Gasteiger partial charge in [0.05, 0.1) is 22.4 Å². The smallest absolute Gasteiger partial charge is 0.0547 e. The first-order chi connectivity index (χ1) is 33.3.